The molecule has 1 aromatic heterocycles. The van der Waals surface area contributed by atoms with Crippen molar-refractivity contribution in [3.8, 4) is 0 Å². The first-order chi connectivity index (χ1) is 8.43. The van der Waals surface area contributed by atoms with E-state index in [1.165, 1.54) is 19.3 Å². The molecule has 0 amide bonds. The van der Waals surface area contributed by atoms with Gasteiger partial charge in [0.05, 0.1) is 12.3 Å². The van der Waals surface area contributed by atoms with Crippen molar-refractivity contribution in [2.75, 3.05) is 0 Å². The molecule has 2 heteroatoms. The van der Waals surface area contributed by atoms with Crippen LogP contribution in [0.4, 0.5) is 0 Å². The van der Waals surface area contributed by atoms with Crippen LogP contribution in [0.15, 0.2) is 22.8 Å². The van der Waals surface area contributed by atoms with Crippen LogP contribution in [0.25, 0.3) is 0 Å². The number of fused-ring (bicyclic) bond motifs is 2. The maximum atomic E-state index is 5.52. The molecule has 2 bridgehead atoms. The molecular formula is C16H25NO. The van der Waals surface area contributed by atoms with Gasteiger partial charge in [-0.15, -0.1) is 0 Å². The molecule has 2 aliphatic rings. The van der Waals surface area contributed by atoms with Crippen LogP contribution in [-0.4, -0.2) is 6.04 Å². The fourth-order valence-electron chi connectivity index (χ4n) is 4.59. The van der Waals surface area contributed by atoms with Crippen LogP contribution in [0.5, 0.6) is 0 Å². The standard InChI is InChI=1S/C16H25NO/c1-11(13-6-5-9-18-13)17-14-15(2,3)12-7-8-16(14,4)10-12/h5-6,9,11-12,14,17H,7-8,10H2,1-4H3/t11?,12-,14?,16+/m0/s1. The fraction of sp³-hybridized carbons (Fsp3) is 0.750. The predicted molar refractivity (Wildman–Crippen MR) is 73.3 cm³/mol. The molecule has 0 aliphatic heterocycles. The maximum Gasteiger partial charge on any atom is 0.120 e. The summed E-state index contributed by atoms with van der Waals surface area (Å²) in [7, 11) is 0. The molecule has 0 saturated heterocycles. The average Bonchev–Trinajstić information content (AvgIpc) is 2.96. The van der Waals surface area contributed by atoms with Gasteiger partial charge in [0, 0.05) is 6.04 Å². The zero-order chi connectivity index (χ0) is 13.0. The van der Waals surface area contributed by atoms with E-state index in [-0.39, 0.29) is 0 Å². The molecule has 0 aromatic carbocycles. The van der Waals surface area contributed by atoms with E-state index in [2.05, 4.69) is 39.1 Å². The number of nitrogens with one attached hydrogen (secondary N) is 1. The quantitative estimate of drug-likeness (QED) is 0.868. The summed E-state index contributed by atoms with van der Waals surface area (Å²) >= 11 is 0. The first-order valence-corrected chi connectivity index (χ1v) is 7.23. The van der Waals surface area contributed by atoms with E-state index in [0.29, 0.717) is 22.9 Å². The molecular weight excluding hydrogens is 222 g/mol. The van der Waals surface area contributed by atoms with Crippen molar-refractivity contribution >= 4 is 0 Å². The Kier molecular flexibility index (Phi) is 2.64. The van der Waals surface area contributed by atoms with Crippen molar-refractivity contribution in [1.82, 2.24) is 5.32 Å². The Hall–Kier alpha value is -0.760. The maximum absolute atomic E-state index is 5.52. The highest BCUT2D eigenvalue weighted by atomic mass is 16.3. The summed E-state index contributed by atoms with van der Waals surface area (Å²) in [6.07, 6.45) is 5.95. The number of rotatable bonds is 3. The van der Waals surface area contributed by atoms with Crippen LogP contribution in [-0.2, 0) is 0 Å². The summed E-state index contributed by atoms with van der Waals surface area (Å²) in [5.41, 5.74) is 0.892. The fourth-order valence-corrected chi connectivity index (χ4v) is 4.59. The molecule has 2 saturated carbocycles. The molecule has 18 heavy (non-hydrogen) atoms. The summed E-state index contributed by atoms with van der Waals surface area (Å²) in [6, 6.07) is 4.95. The number of hydrogen-bond acceptors (Lipinski definition) is 2. The summed E-state index contributed by atoms with van der Waals surface area (Å²) in [5, 5.41) is 3.85. The highest BCUT2D eigenvalue weighted by Crippen LogP contribution is 2.62. The Morgan fingerprint density at radius 2 is 2.17 bits per heavy atom. The van der Waals surface area contributed by atoms with Crippen molar-refractivity contribution in [1.29, 1.82) is 0 Å². The first-order valence-electron chi connectivity index (χ1n) is 7.23. The molecule has 1 N–H and O–H groups in total. The second kappa shape index (κ2) is 3.86. The second-order valence-electron chi connectivity index (χ2n) is 7.25. The van der Waals surface area contributed by atoms with Crippen molar-refractivity contribution in [3.63, 3.8) is 0 Å². The number of furan rings is 1. The van der Waals surface area contributed by atoms with Gasteiger partial charge in [0.25, 0.3) is 0 Å². The monoisotopic (exact) mass is 247 g/mol. The topological polar surface area (TPSA) is 25.2 Å². The van der Waals surface area contributed by atoms with Crippen LogP contribution in [0, 0.1) is 16.7 Å². The molecule has 3 rings (SSSR count). The summed E-state index contributed by atoms with van der Waals surface area (Å²) < 4.78 is 5.52. The summed E-state index contributed by atoms with van der Waals surface area (Å²) in [5.74, 6) is 1.95. The Bertz CT molecular complexity index is 418. The van der Waals surface area contributed by atoms with Crippen LogP contribution >= 0.6 is 0 Å². The lowest BCUT2D eigenvalue weighted by Crippen LogP contribution is -2.50. The minimum absolute atomic E-state index is 0.306. The smallest absolute Gasteiger partial charge is 0.120 e. The van der Waals surface area contributed by atoms with Gasteiger partial charge in [-0.1, -0.05) is 20.8 Å². The highest BCUT2D eigenvalue weighted by molar-refractivity contribution is 5.14. The second-order valence-corrected chi connectivity index (χ2v) is 7.25. The van der Waals surface area contributed by atoms with E-state index in [1.54, 1.807) is 6.26 Å². The molecule has 2 aliphatic carbocycles. The molecule has 2 fully saturated rings. The third-order valence-electron chi connectivity index (χ3n) is 5.66. The summed E-state index contributed by atoms with van der Waals surface area (Å²) in [6.45, 7) is 9.56. The Labute approximate surface area is 110 Å². The third kappa shape index (κ3) is 1.65. The van der Waals surface area contributed by atoms with E-state index < -0.39 is 0 Å². The molecule has 0 spiro atoms. The van der Waals surface area contributed by atoms with Gasteiger partial charge in [0.2, 0.25) is 0 Å². The van der Waals surface area contributed by atoms with Gasteiger partial charge in [0.1, 0.15) is 5.76 Å². The van der Waals surface area contributed by atoms with Crippen molar-refractivity contribution in [2.24, 2.45) is 16.7 Å². The van der Waals surface area contributed by atoms with Gasteiger partial charge in [-0.2, -0.15) is 0 Å². The molecule has 2 unspecified atom stereocenters. The molecule has 4 atom stereocenters. The van der Waals surface area contributed by atoms with E-state index in [9.17, 15) is 0 Å². The first kappa shape index (κ1) is 12.3. The molecule has 1 aromatic rings. The third-order valence-corrected chi connectivity index (χ3v) is 5.66. The Morgan fingerprint density at radius 1 is 1.39 bits per heavy atom. The Balaban J connectivity index is 1.80. The zero-order valence-corrected chi connectivity index (χ0v) is 12.0. The van der Waals surface area contributed by atoms with E-state index in [1.807, 2.05) is 6.07 Å². The lowest BCUT2D eigenvalue weighted by Gasteiger charge is -2.44. The van der Waals surface area contributed by atoms with E-state index >= 15 is 0 Å². The Morgan fingerprint density at radius 3 is 2.72 bits per heavy atom. The lowest BCUT2D eigenvalue weighted by atomic mass is 9.68. The van der Waals surface area contributed by atoms with Gasteiger partial charge in [-0.05, 0) is 55.1 Å². The minimum Gasteiger partial charge on any atom is -0.468 e. The van der Waals surface area contributed by atoms with E-state index in [0.717, 1.165) is 11.7 Å². The van der Waals surface area contributed by atoms with Crippen LogP contribution in [0.2, 0.25) is 0 Å². The minimum atomic E-state index is 0.306. The van der Waals surface area contributed by atoms with Crippen LogP contribution < -0.4 is 5.32 Å². The predicted octanol–water partition coefficient (Wildman–Crippen LogP) is 4.15. The van der Waals surface area contributed by atoms with Gasteiger partial charge < -0.3 is 9.73 Å². The SMILES string of the molecule is CC(NC1C(C)(C)[C@H]2CC[C@]1(C)C2)c1ccco1. The molecule has 0 radical (unpaired) electrons. The normalized spacial score (nSPS) is 39.1. The molecule has 2 nitrogen and oxygen atoms in total. The number of hydrogen-bond donors (Lipinski definition) is 1. The van der Waals surface area contributed by atoms with Gasteiger partial charge in [0.15, 0.2) is 0 Å². The largest absolute Gasteiger partial charge is 0.468 e. The molecule has 1 heterocycles. The average molecular weight is 247 g/mol. The van der Waals surface area contributed by atoms with Crippen molar-refractivity contribution in [2.45, 2.75) is 59.0 Å². The van der Waals surface area contributed by atoms with Crippen LogP contribution in [0.3, 0.4) is 0 Å². The highest BCUT2D eigenvalue weighted by Gasteiger charge is 2.59. The van der Waals surface area contributed by atoms with Crippen molar-refractivity contribution < 1.29 is 4.42 Å². The zero-order valence-electron chi connectivity index (χ0n) is 12.0. The van der Waals surface area contributed by atoms with Gasteiger partial charge in [-0.3, -0.25) is 0 Å². The van der Waals surface area contributed by atoms with Gasteiger partial charge in [-0.25, -0.2) is 0 Å². The van der Waals surface area contributed by atoms with Crippen LogP contribution in [0.1, 0.15) is 58.8 Å². The summed E-state index contributed by atoms with van der Waals surface area (Å²) in [4.78, 5) is 0. The molecule has 100 valence electrons. The lowest BCUT2D eigenvalue weighted by molar-refractivity contribution is 0.0975. The van der Waals surface area contributed by atoms with Crippen molar-refractivity contribution in [3.05, 3.63) is 24.2 Å². The van der Waals surface area contributed by atoms with Gasteiger partial charge >= 0.3 is 0 Å². The van der Waals surface area contributed by atoms with E-state index in [4.69, 9.17) is 4.42 Å².